The summed E-state index contributed by atoms with van der Waals surface area (Å²) in [5, 5.41) is 0. The van der Waals surface area contributed by atoms with Gasteiger partial charge in [-0.15, -0.1) is 0 Å². The Balaban J connectivity index is 0.000000436. The second-order valence-corrected chi connectivity index (χ2v) is 13.4. The molecule has 0 aromatic rings. The molecule has 0 aromatic heterocycles. The standard InChI is InChI=1S/2C7H15N.2C6H13N.C5H11N.CH4/c1-7-3-5-8(2)6-4-7;1-7-4-3-5-8(2)6-7;1-6-3-4-7(2)5-6;1-6-4-3-5-7(6)2;1-5-3-6(2)4-5;/h2*7H,3-6H2,1-2H3;2*6H,3-5H2,1-2H3;5H,3-4H2,1-2H3;1H4. The average Bonchev–Trinajstić information content (AvgIpc) is 3.37. The van der Waals surface area contributed by atoms with Gasteiger partial charge in [0.1, 0.15) is 0 Å². The highest BCUT2D eigenvalue weighted by atomic mass is 15.2. The van der Waals surface area contributed by atoms with Crippen molar-refractivity contribution in [3.8, 4) is 0 Å². The molecule has 5 aliphatic rings. The summed E-state index contributed by atoms with van der Waals surface area (Å²) in [6.45, 7) is 23.3. The minimum absolute atomic E-state index is 0. The van der Waals surface area contributed by atoms with Crippen molar-refractivity contribution in [1.29, 1.82) is 0 Å². The normalized spacial score (nSPS) is 30.2. The van der Waals surface area contributed by atoms with Gasteiger partial charge in [0.15, 0.2) is 0 Å². The second kappa shape index (κ2) is 20.7. The Kier molecular flexibility index (Phi) is 20.6. The maximum Gasteiger partial charge on any atom is 0.00643 e. The van der Waals surface area contributed by atoms with Crippen molar-refractivity contribution in [2.75, 3.05) is 94.1 Å². The third kappa shape index (κ3) is 18.7. The lowest BCUT2D eigenvalue weighted by Crippen LogP contribution is -2.41. The average molecular weight is 526 g/mol. The summed E-state index contributed by atoms with van der Waals surface area (Å²) in [5.74, 6) is 3.83. The SMILES string of the molecule is C.CC1CCCN(C)C1.CC1CCCN1C.CC1CCN(C)C1.CC1CCN(C)CC1.CC1CN(C)C1. The molecule has 0 N–H and O–H groups in total. The van der Waals surface area contributed by atoms with Gasteiger partial charge in [-0.2, -0.15) is 0 Å². The quantitative estimate of drug-likeness (QED) is 0.387. The Morgan fingerprint density at radius 1 is 0.405 bits per heavy atom. The summed E-state index contributed by atoms with van der Waals surface area (Å²) in [6.07, 6.45) is 9.83. The molecule has 5 nitrogen and oxygen atoms in total. The van der Waals surface area contributed by atoms with Gasteiger partial charge in [0.05, 0.1) is 0 Å². The second-order valence-electron chi connectivity index (χ2n) is 13.4. The highest BCUT2D eigenvalue weighted by molar-refractivity contribution is 4.72. The lowest BCUT2D eigenvalue weighted by molar-refractivity contribution is 0.149. The largest absolute Gasteiger partial charge is 0.306 e. The van der Waals surface area contributed by atoms with Gasteiger partial charge in [-0.05, 0) is 144 Å². The van der Waals surface area contributed by atoms with E-state index >= 15 is 0 Å². The molecule has 5 aliphatic heterocycles. The van der Waals surface area contributed by atoms with E-state index < -0.39 is 0 Å². The van der Waals surface area contributed by atoms with Gasteiger partial charge in [0.2, 0.25) is 0 Å². The van der Waals surface area contributed by atoms with E-state index in [0.29, 0.717) is 0 Å². The van der Waals surface area contributed by atoms with E-state index in [4.69, 9.17) is 0 Å². The number of hydrogen-bond donors (Lipinski definition) is 0. The van der Waals surface area contributed by atoms with Crippen LogP contribution in [-0.2, 0) is 0 Å². The van der Waals surface area contributed by atoms with E-state index in [1.54, 1.807) is 0 Å². The van der Waals surface area contributed by atoms with Crippen LogP contribution in [0.4, 0.5) is 0 Å². The van der Waals surface area contributed by atoms with Gasteiger partial charge >= 0.3 is 0 Å². The van der Waals surface area contributed by atoms with Gasteiger partial charge in [-0.1, -0.05) is 35.1 Å². The molecule has 5 fully saturated rings. The van der Waals surface area contributed by atoms with Crippen LogP contribution >= 0.6 is 0 Å². The first-order chi connectivity index (χ1) is 17.0. The number of likely N-dealkylation sites (tertiary alicyclic amines) is 5. The molecule has 0 aliphatic carbocycles. The van der Waals surface area contributed by atoms with Crippen molar-refractivity contribution >= 4 is 0 Å². The fourth-order valence-electron chi connectivity index (χ4n) is 5.80. The molecular formula is C32H71N5. The summed E-state index contributed by atoms with van der Waals surface area (Å²) in [7, 11) is 10.9. The zero-order valence-corrected chi connectivity index (χ0v) is 26.4. The molecule has 0 radical (unpaired) electrons. The minimum Gasteiger partial charge on any atom is -0.306 e. The summed E-state index contributed by atoms with van der Waals surface area (Å²) in [4.78, 5) is 11.9. The van der Waals surface area contributed by atoms with Crippen molar-refractivity contribution in [2.45, 2.75) is 93.0 Å². The van der Waals surface area contributed by atoms with Gasteiger partial charge < -0.3 is 24.5 Å². The number of nitrogens with zero attached hydrogens (tertiary/aromatic N) is 5. The molecule has 3 unspecified atom stereocenters. The summed E-state index contributed by atoms with van der Waals surface area (Å²) in [6, 6.07) is 0.847. The van der Waals surface area contributed by atoms with Gasteiger partial charge in [0.25, 0.3) is 0 Å². The van der Waals surface area contributed by atoms with Crippen LogP contribution < -0.4 is 0 Å². The van der Waals surface area contributed by atoms with Crippen LogP contribution in [0.25, 0.3) is 0 Å². The fraction of sp³-hybridized carbons (Fsp3) is 1.00. The highest BCUT2D eigenvalue weighted by Crippen LogP contribution is 2.15. The van der Waals surface area contributed by atoms with E-state index in [0.717, 1.165) is 29.7 Å². The van der Waals surface area contributed by atoms with Crippen molar-refractivity contribution in [1.82, 2.24) is 24.5 Å². The van der Waals surface area contributed by atoms with E-state index in [1.807, 2.05) is 0 Å². The molecule has 5 saturated heterocycles. The van der Waals surface area contributed by atoms with Crippen molar-refractivity contribution in [2.24, 2.45) is 23.7 Å². The van der Waals surface area contributed by atoms with E-state index in [-0.39, 0.29) is 7.43 Å². The Morgan fingerprint density at radius 2 is 0.838 bits per heavy atom. The van der Waals surface area contributed by atoms with Crippen LogP contribution in [0.15, 0.2) is 0 Å². The van der Waals surface area contributed by atoms with Crippen LogP contribution in [-0.4, -0.2) is 125 Å². The maximum atomic E-state index is 2.41. The Bertz CT molecular complexity index is 475. The Morgan fingerprint density at radius 3 is 1.05 bits per heavy atom. The third-order valence-corrected chi connectivity index (χ3v) is 8.63. The van der Waals surface area contributed by atoms with Crippen molar-refractivity contribution < 1.29 is 0 Å². The number of piperidine rings is 2. The van der Waals surface area contributed by atoms with E-state index in [9.17, 15) is 0 Å². The first-order valence-corrected chi connectivity index (χ1v) is 15.4. The fourth-order valence-corrected chi connectivity index (χ4v) is 5.80. The van der Waals surface area contributed by atoms with Crippen LogP contribution in [0, 0.1) is 23.7 Å². The molecule has 0 bridgehead atoms. The predicted molar refractivity (Wildman–Crippen MR) is 168 cm³/mol. The van der Waals surface area contributed by atoms with E-state index in [2.05, 4.69) is 94.4 Å². The molecule has 224 valence electrons. The molecule has 0 aromatic carbocycles. The molecular weight excluding hydrogens is 454 g/mol. The van der Waals surface area contributed by atoms with E-state index in [1.165, 1.54) is 104 Å². The van der Waals surface area contributed by atoms with Crippen LogP contribution in [0.3, 0.4) is 0 Å². The van der Waals surface area contributed by atoms with Crippen molar-refractivity contribution in [3.63, 3.8) is 0 Å². The lowest BCUT2D eigenvalue weighted by atomic mass is 10.00. The van der Waals surface area contributed by atoms with Crippen LogP contribution in [0.1, 0.15) is 87.0 Å². The third-order valence-electron chi connectivity index (χ3n) is 8.63. The molecule has 5 rings (SSSR count). The first-order valence-electron chi connectivity index (χ1n) is 15.4. The zero-order valence-electron chi connectivity index (χ0n) is 26.4. The monoisotopic (exact) mass is 526 g/mol. The summed E-state index contributed by atoms with van der Waals surface area (Å²) >= 11 is 0. The number of hydrogen-bond acceptors (Lipinski definition) is 5. The molecule has 5 heteroatoms. The van der Waals surface area contributed by atoms with Gasteiger partial charge in [-0.3, -0.25) is 0 Å². The summed E-state index contributed by atoms with van der Waals surface area (Å²) in [5.41, 5.74) is 0. The maximum absolute atomic E-state index is 2.41. The zero-order chi connectivity index (χ0) is 27.1. The minimum atomic E-state index is 0. The first kappa shape index (κ1) is 36.8. The van der Waals surface area contributed by atoms with Crippen LogP contribution in [0.2, 0.25) is 0 Å². The highest BCUT2D eigenvalue weighted by Gasteiger charge is 2.17. The molecule has 0 saturated carbocycles. The smallest absolute Gasteiger partial charge is 0.00643 e. The van der Waals surface area contributed by atoms with Gasteiger partial charge in [0, 0.05) is 32.2 Å². The lowest BCUT2D eigenvalue weighted by Gasteiger charge is -2.33. The van der Waals surface area contributed by atoms with Gasteiger partial charge in [-0.25, -0.2) is 0 Å². The van der Waals surface area contributed by atoms with Crippen LogP contribution in [0.5, 0.6) is 0 Å². The number of rotatable bonds is 0. The predicted octanol–water partition coefficient (Wildman–Crippen LogP) is 5.96. The summed E-state index contributed by atoms with van der Waals surface area (Å²) < 4.78 is 0. The Labute approximate surface area is 235 Å². The van der Waals surface area contributed by atoms with Crippen molar-refractivity contribution in [3.05, 3.63) is 0 Å². The topological polar surface area (TPSA) is 16.2 Å². The molecule has 0 spiro atoms. The molecule has 5 heterocycles. The molecule has 3 atom stereocenters. The molecule has 37 heavy (non-hydrogen) atoms. The molecule has 0 amide bonds. The Hall–Kier alpha value is -0.200.